The van der Waals surface area contributed by atoms with Crippen molar-refractivity contribution in [3.8, 4) is 5.75 Å². The molecule has 1 amide bonds. The Labute approximate surface area is 153 Å². The number of amides is 1. The highest BCUT2D eigenvalue weighted by Gasteiger charge is 2.19. The van der Waals surface area contributed by atoms with E-state index in [4.69, 9.17) is 4.74 Å². The van der Waals surface area contributed by atoms with Crippen LogP contribution in [0.4, 0.5) is 5.69 Å². The number of hydrogen-bond acceptors (Lipinski definition) is 4. The lowest BCUT2D eigenvalue weighted by atomic mass is 10.2. The number of thioether (sulfide) groups is 1. The molecule has 0 atom stereocenters. The molecule has 0 saturated carbocycles. The molecule has 130 valence electrons. The summed E-state index contributed by atoms with van der Waals surface area (Å²) in [5.41, 5.74) is 1.17. The molecule has 1 fully saturated rings. The highest BCUT2D eigenvalue weighted by molar-refractivity contribution is 8.02. The van der Waals surface area contributed by atoms with Gasteiger partial charge in [0.05, 0.1) is 7.11 Å². The van der Waals surface area contributed by atoms with E-state index < -0.39 is 0 Å². The van der Waals surface area contributed by atoms with E-state index in [-0.39, 0.29) is 5.91 Å². The molecule has 1 aliphatic rings. The van der Waals surface area contributed by atoms with Crippen molar-refractivity contribution in [2.45, 2.75) is 4.90 Å². The van der Waals surface area contributed by atoms with Crippen molar-refractivity contribution in [1.82, 2.24) is 4.90 Å². The van der Waals surface area contributed by atoms with Crippen LogP contribution in [-0.4, -0.2) is 44.1 Å². The van der Waals surface area contributed by atoms with Gasteiger partial charge in [-0.15, -0.1) is 0 Å². The van der Waals surface area contributed by atoms with Gasteiger partial charge in [-0.2, -0.15) is 0 Å². The number of rotatable bonds is 5. The number of benzene rings is 2. The summed E-state index contributed by atoms with van der Waals surface area (Å²) in [5.74, 6) is 0.941. The number of anilines is 1. The third-order valence-electron chi connectivity index (χ3n) is 4.19. The topological polar surface area (TPSA) is 32.8 Å². The van der Waals surface area contributed by atoms with Crippen LogP contribution in [0.5, 0.6) is 5.75 Å². The minimum atomic E-state index is 0.0813. The summed E-state index contributed by atoms with van der Waals surface area (Å²) >= 11 is 1.56. The lowest BCUT2D eigenvalue weighted by Crippen LogP contribution is -2.48. The summed E-state index contributed by atoms with van der Waals surface area (Å²) in [6, 6.07) is 18.1. The lowest BCUT2D eigenvalue weighted by molar-refractivity contribution is -0.126. The van der Waals surface area contributed by atoms with Crippen molar-refractivity contribution in [3.63, 3.8) is 0 Å². The predicted molar refractivity (Wildman–Crippen MR) is 103 cm³/mol. The molecular formula is C20H22N2O2S. The van der Waals surface area contributed by atoms with Crippen LogP contribution in [0.3, 0.4) is 0 Å². The summed E-state index contributed by atoms with van der Waals surface area (Å²) in [6.07, 6.45) is 1.67. The van der Waals surface area contributed by atoms with E-state index in [1.165, 1.54) is 5.69 Å². The molecule has 0 bridgehead atoms. The van der Waals surface area contributed by atoms with Crippen LogP contribution in [0.2, 0.25) is 0 Å². The van der Waals surface area contributed by atoms with Gasteiger partial charge in [-0.1, -0.05) is 30.0 Å². The standard InChI is InChI=1S/C20H22N2O2S/c1-24-18-9-7-17(8-10-18)21-12-14-22(15-13-21)20(23)11-16-25-19-5-3-2-4-6-19/h2-11,16H,12-15H2,1H3/b16-11+. The van der Waals surface area contributed by atoms with Gasteiger partial charge in [0.25, 0.3) is 0 Å². The average Bonchev–Trinajstić information content (AvgIpc) is 2.69. The zero-order valence-electron chi connectivity index (χ0n) is 14.3. The molecule has 2 aromatic rings. The zero-order valence-corrected chi connectivity index (χ0v) is 15.1. The van der Waals surface area contributed by atoms with Crippen LogP contribution in [-0.2, 0) is 4.79 Å². The van der Waals surface area contributed by atoms with Gasteiger partial charge in [-0.3, -0.25) is 4.79 Å². The number of carbonyl (C=O) groups is 1. The zero-order chi connectivity index (χ0) is 17.5. The van der Waals surface area contributed by atoms with E-state index >= 15 is 0 Å². The summed E-state index contributed by atoms with van der Waals surface area (Å²) in [7, 11) is 1.67. The van der Waals surface area contributed by atoms with E-state index in [2.05, 4.69) is 17.0 Å². The summed E-state index contributed by atoms with van der Waals surface area (Å²) in [6.45, 7) is 3.17. The maximum Gasteiger partial charge on any atom is 0.247 e. The molecule has 0 N–H and O–H groups in total. The van der Waals surface area contributed by atoms with Gasteiger partial charge in [0.15, 0.2) is 0 Å². The maximum atomic E-state index is 12.3. The molecule has 0 aliphatic carbocycles. The fourth-order valence-electron chi connectivity index (χ4n) is 2.75. The summed E-state index contributed by atoms with van der Waals surface area (Å²) < 4.78 is 5.19. The SMILES string of the molecule is COc1ccc(N2CCN(C(=O)/C=C/Sc3ccccc3)CC2)cc1. The fraction of sp³-hybridized carbons (Fsp3) is 0.250. The van der Waals surface area contributed by atoms with Crippen LogP contribution in [0.15, 0.2) is 71.0 Å². The summed E-state index contributed by atoms with van der Waals surface area (Å²) in [5, 5.41) is 1.87. The maximum absolute atomic E-state index is 12.3. The van der Waals surface area contributed by atoms with Gasteiger partial charge >= 0.3 is 0 Å². The number of methoxy groups -OCH3 is 1. The normalized spacial score (nSPS) is 14.8. The van der Waals surface area contributed by atoms with Crippen LogP contribution >= 0.6 is 11.8 Å². The molecule has 0 spiro atoms. The molecule has 2 aromatic carbocycles. The molecular weight excluding hydrogens is 332 g/mol. The van der Waals surface area contributed by atoms with Crippen molar-refractivity contribution < 1.29 is 9.53 Å². The number of hydrogen-bond donors (Lipinski definition) is 0. The largest absolute Gasteiger partial charge is 0.497 e. The van der Waals surface area contributed by atoms with Crippen molar-refractivity contribution in [2.75, 3.05) is 38.2 Å². The Hall–Kier alpha value is -2.40. The highest BCUT2D eigenvalue weighted by Crippen LogP contribution is 2.21. The molecule has 3 rings (SSSR count). The monoisotopic (exact) mass is 354 g/mol. The van der Waals surface area contributed by atoms with Gasteiger partial charge in [0.2, 0.25) is 5.91 Å². The smallest absolute Gasteiger partial charge is 0.247 e. The molecule has 5 heteroatoms. The molecule has 0 unspecified atom stereocenters. The second-order valence-electron chi connectivity index (χ2n) is 5.74. The van der Waals surface area contributed by atoms with E-state index in [0.29, 0.717) is 0 Å². The first-order chi connectivity index (χ1) is 12.3. The van der Waals surface area contributed by atoms with E-state index in [1.54, 1.807) is 24.9 Å². The first kappa shape index (κ1) is 17.4. The van der Waals surface area contributed by atoms with E-state index in [0.717, 1.165) is 36.8 Å². The van der Waals surface area contributed by atoms with E-state index in [1.807, 2.05) is 52.8 Å². The number of nitrogens with zero attached hydrogens (tertiary/aromatic N) is 2. The number of piperazine rings is 1. The highest BCUT2D eigenvalue weighted by atomic mass is 32.2. The van der Waals surface area contributed by atoms with Crippen molar-refractivity contribution in [2.24, 2.45) is 0 Å². The molecule has 0 aromatic heterocycles. The Kier molecular flexibility index (Phi) is 6.01. The number of ether oxygens (including phenoxy) is 1. The second-order valence-corrected chi connectivity index (χ2v) is 6.72. The molecule has 4 nitrogen and oxygen atoms in total. The quantitative estimate of drug-likeness (QED) is 0.606. The first-order valence-electron chi connectivity index (χ1n) is 8.32. The first-order valence-corrected chi connectivity index (χ1v) is 9.20. The Morgan fingerprint density at radius 2 is 1.68 bits per heavy atom. The Balaban J connectivity index is 1.48. The molecule has 1 saturated heterocycles. The minimum absolute atomic E-state index is 0.0813. The molecule has 1 heterocycles. The van der Waals surface area contributed by atoms with Crippen LogP contribution < -0.4 is 9.64 Å². The van der Waals surface area contributed by atoms with Crippen LogP contribution in [0.25, 0.3) is 0 Å². The van der Waals surface area contributed by atoms with Gasteiger partial charge in [-0.05, 0) is 41.8 Å². The average molecular weight is 354 g/mol. The lowest BCUT2D eigenvalue weighted by Gasteiger charge is -2.35. The fourth-order valence-corrected chi connectivity index (χ4v) is 3.41. The molecule has 25 heavy (non-hydrogen) atoms. The van der Waals surface area contributed by atoms with Gasteiger partial charge in [0, 0.05) is 42.8 Å². The van der Waals surface area contributed by atoms with Gasteiger partial charge in [0.1, 0.15) is 5.75 Å². The molecule has 0 radical (unpaired) electrons. The minimum Gasteiger partial charge on any atom is -0.497 e. The van der Waals surface area contributed by atoms with E-state index in [9.17, 15) is 4.79 Å². The third kappa shape index (κ3) is 4.79. The van der Waals surface area contributed by atoms with Crippen molar-refractivity contribution in [3.05, 3.63) is 66.1 Å². The molecule has 1 aliphatic heterocycles. The van der Waals surface area contributed by atoms with Crippen LogP contribution in [0, 0.1) is 0 Å². The Morgan fingerprint density at radius 1 is 1.00 bits per heavy atom. The van der Waals surface area contributed by atoms with Crippen molar-refractivity contribution in [1.29, 1.82) is 0 Å². The summed E-state index contributed by atoms with van der Waals surface area (Å²) in [4.78, 5) is 17.6. The third-order valence-corrected chi connectivity index (χ3v) is 5.00. The van der Waals surface area contributed by atoms with Crippen LogP contribution in [0.1, 0.15) is 0 Å². The van der Waals surface area contributed by atoms with Gasteiger partial charge < -0.3 is 14.5 Å². The van der Waals surface area contributed by atoms with Gasteiger partial charge in [-0.25, -0.2) is 0 Å². The predicted octanol–water partition coefficient (Wildman–Crippen LogP) is 3.65. The Morgan fingerprint density at radius 3 is 2.32 bits per heavy atom. The number of carbonyl (C=O) groups excluding carboxylic acids is 1. The Bertz CT molecular complexity index is 708. The second kappa shape index (κ2) is 8.62. The van der Waals surface area contributed by atoms with Crippen molar-refractivity contribution >= 4 is 23.4 Å².